The number of nitrogens with one attached hydrogen (secondary N) is 2. The molecule has 2 N–H and O–H groups in total. The second-order valence-corrected chi connectivity index (χ2v) is 4.77. The molecule has 92 valence electrons. The highest BCUT2D eigenvalue weighted by atomic mass is 16.1. The van der Waals surface area contributed by atoms with Gasteiger partial charge in [0.1, 0.15) is 0 Å². The van der Waals surface area contributed by atoms with Crippen LogP contribution in [0.4, 0.5) is 0 Å². The number of amides is 1. The molecule has 2 rings (SSSR count). The first-order valence-corrected chi connectivity index (χ1v) is 6.29. The Bertz CT molecular complexity index is 364. The summed E-state index contributed by atoms with van der Waals surface area (Å²) in [5, 5.41) is 6.27. The van der Waals surface area contributed by atoms with Crippen molar-refractivity contribution in [3.05, 3.63) is 35.9 Å². The van der Waals surface area contributed by atoms with E-state index in [0.717, 1.165) is 26.1 Å². The maximum absolute atomic E-state index is 11.9. The average Bonchev–Trinajstić information content (AvgIpc) is 2.77. The third-order valence-corrected chi connectivity index (χ3v) is 3.41. The average molecular weight is 232 g/mol. The normalized spacial score (nSPS) is 23.6. The van der Waals surface area contributed by atoms with Crippen molar-refractivity contribution in [3.8, 4) is 0 Å². The lowest BCUT2D eigenvalue weighted by atomic mass is 9.97. The zero-order valence-corrected chi connectivity index (χ0v) is 10.3. The summed E-state index contributed by atoms with van der Waals surface area (Å²) < 4.78 is 0. The van der Waals surface area contributed by atoms with Crippen LogP contribution in [0.25, 0.3) is 0 Å². The molecule has 1 amide bonds. The Kier molecular flexibility index (Phi) is 4.15. The Hall–Kier alpha value is -1.35. The van der Waals surface area contributed by atoms with E-state index in [2.05, 4.69) is 29.7 Å². The molecule has 0 aromatic heterocycles. The highest BCUT2D eigenvalue weighted by Gasteiger charge is 2.28. The van der Waals surface area contributed by atoms with Crippen molar-refractivity contribution in [2.24, 2.45) is 11.8 Å². The van der Waals surface area contributed by atoms with Crippen LogP contribution in [0, 0.1) is 11.8 Å². The second-order valence-electron chi connectivity index (χ2n) is 4.77. The quantitative estimate of drug-likeness (QED) is 0.819. The summed E-state index contributed by atoms with van der Waals surface area (Å²) in [5.74, 6) is 0.788. The van der Waals surface area contributed by atoms with Gasteiger partial charge in [-0.3, -0.25) is 4.79 Å². The van der Waals surface area contributed by atoms with Gasteiger partial charge in [-0.2, -0.15) is 0 Å². The molecule has 17 heavy (non-hydrogen) atoms. The van der Waals surface area contributed by atoms with E-state index < -0.39 is 0 Å². The third-order valence-electron chi connectivity index (χ3n) is 3.41. The van der Waals surface area contributed by atoms with Crippen molar-refractivity contribution in [1.29, 1.82) is 0 Å². The molecule has 1 aromatic rings. The Morgan fingerprint density at radius 2 is 2.12 bits per heavy atom. The molecule has 0 bridgehead atoms. The first-order chi connectivity index (χ1) is 8.27. The molecule has 0 aliphatic carbocycles. The van der Waals surface area contributed by atoms with Gasteiger partial charge in [0.15, 0.2) is 0 Å². The van der Waals surface area contributed by atoms with Crippen LogP contribution in [0.3, 0.4) is 0 Å². The van der Waals surface area contributed by atoms with Crippen LogP contribution >= 0.6 is 0 Å². The van der Waals surface area contributed by atoms with Crippen molar-refractivity contribution >= 4 is 5.91 Å². The smallest absolute Gasteiger partial charge is 0.224 e. The molecule has 2 atom stereocenters. The molecule has 3 heteroatoms. The van der Waals surface area contributed by atoms with Crippen molar-refractivity contribution in [2.75, 3.05) is 19.6 Å². The lowest BCUT2D eigenvalue weighted by Crippen LogP contribution is -2.35. The summed E-state index contributed by atoms with van der Waals surface area (Å²) in [5.41, 5.74) is 1.27. The number of rotatable bonds is 4. The maximum Gasteiger partial charge on any atom is 0.224 e. The van der Waals surface area contributed by atoms with E-state index in [1.807, 2.05) is 18.2 Å². The summed E-state index contributed by atoms with van der Waals surface area (Å²) in [4.78, 5) is 11.9. The van der Waals surface area contributed by atoms with Gasteiger partial charge in [0.05, 0.1) is 5.92 Å². The molecule has 0 saturated carbocycles. The monoisotopic (exact) mass is 232 g/mol. The van der Waals surface area contributed by atoms with Gasteiger partial charge < -0.3 is 10.6 Å². The highest BCUT2D eigenvalue weighted by Crippen LogP contribution is 2.15. The van der Waals surface area contributed by atoms with Crippen molar-refractivity contribution in [3.63, 3.8) is 0 Å². The molecule has 1 aliphatic heterocycles. The molecule has 3 nitrogen and oxygen atoms in total. The van der Waals surface area contributed by atoms with Crippen LogP contribution in [0.1, 0.15) is 12.5 Å². The van der Waals surface area contributed by atoms with Crippen molar-refractivity contribution < 1.29 is 4.79 Å². The molecular formula is C14H20N2O. The highest BCUT2D eigenvalue weighted by molar-refractivity contribution is 5.79. The SMILES string of the molecule is C[C@@H]1CNC[C@H]1C(=O)NCCc1ccccc1. The zero-order valence-electron chi connectivity index (χ0n) is 10.3. The van der Waals surface area contributed by atoms with Gasteiger partial charge in [0.2, 0.25) is 5.91 Å². The molecule has 0 unspecified atom stereocenters. The fraction of sp³-hybridized carbons (Fsp3) is 0.500. The molecule has 1 heterocycles. The van der Waals surface area contributed by atoms with Gasteiger partial charge in [-0.25, -0.2) is 0 Å². The number of carbonyl (C=O) groups excluding carboxylic acids is 1. The van der Waals surface area contributed by atoms with E-state index >= 15 is 0 Å². The van der Waals surface area contributed by atoms with Gasteiger partial charge in [-0.15, -0.1) is 0 Å². The van der Waals surface area contributed by atoms with Crippen LogP contribution in [0.5, 0.6) is 0 Å². The zero-order chi connectivity index (χ0) is 12.1. The van der Waals surface area contributed by atoms with Gasteiger partial charge >= 0.3 is 0 Å². The van der Waals surface area contributed by atoms with Gasteiger partial charge in [0, 0.05) is 13.1 Å². The largest absolute Gasteiger partial charge is 0.355 e. The van der Waals surface area contributed by atoms with E-state index in [4.69, 9.17) is 0 Å². The standard InChI is InChI=1S/C14H20N2O/c1-11-9-15-10-13(11)14(17)16-8-7-12-5-3-2-4-6-12/h2-6,11,13,15H,7-10H2,1H3,(H,16,17)/t11-,13-/m1/s1. The molecule has 1 fully saturated rings. The van der Waals surface area contributed by atoms with Gasteiger partial charge in [0.25, 0.3) is 0 Å². The van der Waals surface area contributed by atoms with Crippen LogP contribution in [-0.2, 0) is 11.2 Å². The van der Waals surface area contributed by atoms with E-state index in [-0.39, 0.29) is 11.8 Å². The minimum absolute atomic E-state index is 0.144. The van der Waals surface area contributed by atoms with E-state index in [1.54, 1.807) is 0 Å². The fourth-order valence-electron chi connectivity index (χ4n) is 2.27. The molecule has 1 aromatic carbocycles. The number of benzene rings is 1. The minimum Gasteiger partial charge on any atom is -0.355 e. The number of hydrogen-bond acceptors (Lipinski definition) is 2. The molecule has 0 radical (unpaired) electrons. The predicted molar refractivity (Wildman–Crippen MR) is 68.7 cm³/mol. The maximum atomic E-state index is 11.9. The topological polar surface area (TPSA) is 41.1 Å². The van der Waals surface area contributed by atoms with E-state index in [9.17, 15) is 4.79 Å². The number of hydrogen-bond donors (Lipinski definition) is 2. The van der Waals surface area contributed by atoms with Gasteiger partial charge in [-0.05, 0) is 24.4 Å². The Balaban J connectivity index is 1.73. The summed E-state index contributed by atoms with van der Waals surface area (Å²) >= 11 is 0. The van der Waals surface area contributed by atoms with E-state index in [1.165, 1.54) is 5.56 Å². The van der Waals surface area contributed by atoms with Crippen molar-refractivity contribution in [1.82, 2.24) is 10.6 Å². The van der Waals surface area contributed by atoms with Crippen molar-refractivity contribution in [2.45, 2.75) is 13.3 Å². The van der Waals surface area contributed by atoms with Crippen LogP contribution in [0.15, 0.2) is 30.3 Å². The lowest BCUT2D eigenvalue weighted by Gasteiger charge is -2.14. The fourth-order valence-corrected chi connectivity index (χ4v) is 2.27. The molecular weight excluding hydrogens is 212 g/mol. The number of carbonyl (C=O) groups is 1. The molecule has 0 spiro atoms. The summed E-state index contributed by atoms with van der Waals surface area (Å²) in [7, 11) is 0. The minimum atomic E-state index is 0.144. The summed E-state index contributed by atoms with van der Waals surface area (Å²) in [6.45, 7) is 4.63. The van der Waals surface area contributed by atoms with Crippen LogP contribution in [0.2, 0.25) is 0 Å². The van der Waals surface area contributed by atoms with Crippen LogP contribution in [-0.4, -0.2) is 25.5 Å². The van der Waals surface area contributed by atoms with Crippen LogP contribution < -0.4 is 10.6 Å². The predicted octanol–water partition coefficient (Wildman–Crippen LogP) is 1.20. The first-order valence-electron chi connectivity index (χ1n) is 6.29. The first kappa shape index (κ1) is 12.1. The Labute approximate surface area is 103 Å². The third kappa shape index (κ3) is 3.30. The second kappa shape index (κ2) is 5.82. The molecule has 1 aliphatic rings. The van der Waals surface area contributed by atoms with Gasteiger partial charge in [-0.1, -0.05) is 37.3 Å². The Morgan fingerprint density at radius 3 is 2.76 bits per heavy atom. The lowest BCUT2D eigenvalue weighted by molar-refractivity contribution is -0.125. The summed E-state index contributed by atoms with van der Waals surface area (Å²) in [6.07, 6.45) is 0.904. The molecule has 1 saturated heterocycles. The summed E-state index contributed by atoms with van der Waals surface area (Å²) in [6, 6.07) is 10.2. The Morgan fingerprint density at radius 1 is 1.35 bits per heavy atom. The van der Waals surface area contributed by atoms with E-state index in [0.29, 0.717) is 5.92 Å².